The summed E-state index contributed by atoms with van der Waals surface area (Å²) in [4.78, 5) is 2.48. The van der Waals surface area contributed by atoms with Crippen LogP contribution in [0.25, 0.3) is 0 Å². The molecule has 1 aliphatic heterocycles. The standard InChI is InChI=1S/C12H24N2O/c1-12(13,10-5-6-10)9-14-7-3-4-11(8-14)15-2/h10-11H,3-9,13H2,1-2H3. The first-order chi connectivity index (χ1) is 7.12. The van der Waals surface area contributed by atoms with Crippen LogP contribution >= 0.6 is 0 Å². The van der Waals surface area contributed by atoms with Crippen LogP contribution in [0.1, 0.15) is 32.6 Å². The van der Waals surface area contributed by atoms with Crippen LogP contribution in [0.4, 0.5) is 0 Å². The second-order valence-electron chi connectivity index (χ2n) is 5.52. The molecule has 0 aromatic rings. The number of hydrogen-bond donors (Lipinski definition) is 1. The molecule has 0 aromatic heterocycles. The van der Waals surface area contributed by atoms with E-state index in [0.717, 1.165) is 19.0 Å². The fourth-order valence-electron chi connectivity index (χ4n) is 2.70. The number of rotatable bonds is 4. The van der Waals surface area contributed by atoms with Crippen molar-refractivity contribution in [3.63, 3.8) is 0 Å². The van der Waals surface area contributed by atoms with E-state index >= 15 is 0 Å². The van der Waals surface area contributed by atoms with Crippen LogP contribution in [-0.2, 0) is 4.74 Å². The topological polar surface area (TPSA) is 38.5 Å². The van der Waals surface area contributed by atoms with Gasteiger partial charge in [0, 0.05) is 25.7 Å². The maximum absolute atomic E-state index is 6.36. The first-order valence-corrected chi connectivity index (χ1v) is 6.16. The van der Waals surface area contributed by atoms with Crippen molar-refractivity contribution < 1.29 is 4.74 Å². The van der Waals surface area contributed by atoms with E-state index in [4.69, 9.17) is 10.5 Å². The van der Waals surface area contributed by atoms with Crippen molar-refractivity contribution in [2.75, 3.05) is 26.7 Å². The Balaban J connectivity index is 1.82. The fraction of sp³-hybridized carbons (Fsp3) is 1.00. The highest BCUT2D eigenvalue weighted by Crippen LogP contribution is 2.38. The number of hydrogen-bond acceptors (Lipinski definition) is 3. The minimum absolute atomic E-state index is 0.0234. The molecule has 2 atom stereocenters. The summed E-state index contributed by atoms with van der Waals surface area (Å²) < 4.78 is 5.43. The van der Waals surface area contributed by atoms with E-state index < -0.39 is 0 Å². The third-order valence-corrected chi connectivity index (χ3v) is 3.87. The Morgan fingerprint density at radius 3 is 2.73 bits per heavy atom. The monoisotopic (exact) mass is 212 g/mol. The summed E-state index contributed by atoms with van der Waals surface area (Å²) in [5, 5.41) is 0. The zero-order valence-corrected chi connectivity index (χ0v) is 10.0. The van der Waals surface area contributed by atoms with Crippen molar-refractivity contribution in [3.8, 4) is 0 Å². The lowest BCUT2D eigenvalue weighted by molar-refractivity contribution is 0.0230. The van der Waals surface area contributed by atoms with Gasteiger partial charge >= 0.3 is 0 Å². The Kier molecular flexibility index (Phi) is 3.33. The molecule has 0 amide bonds. The van der Waals surface area contributed by atoms with E-state index in [2.05, 4.69) is 11.8 Å². The normalized spacial score (nSPS) is 32.6. The van der Waals surface area contributed by atoms with Crippen molar-refractivity contribution >= 4 is 0 Å². The van der Waals surface area contributed by atoms with Crippen LogP contribution in [0, 0.1) is 5.92 Å². The van der Waals surface area contributed by atoms with Gasteiger partial charge in [0.1, 0.15) is 0 Å². The van der Waals surface area contributed by atoms with Crippen molar-refractivity contribution in [2.24, 2.45) is 11.7 Å². The molecule has 3 nitrogen and oxygen atoms in total. The molecule has 1 saturated carbocycles. The summed E-state index contributed by atoms with van der Waals surface area (Å²) in [6.45, 7) is 5.51. The highest BCUT2D eigenvalue weighted by molar-refractivity contribution is 4.97. The highest BCUT2D eigenvalue weighted by atomic mass is 16.5. The maximum atomic E-state index is 6.36. The lowest BCUT2D eigenvalue weighted by Gasteiger charge is -2.37. The number of nitrogens with two attached hydrogens (primary N) is 1. The molecule has 0 aromatic carbocycles. The molecule has 3 heteroatoms. The molecule has 0 radical (unpaired) electrons. The zero-order chi connectivity index (χ0) is 10.9. The first-order valence-electron chi connectivity index (χ1n) is 6.16. The molecule has 2 unspecified atom stereocenters. The zero-order valence-electron chi connectivity index (χ0n) is 10.0. The van der Waals surface area contributed by atoms with Crippen molar-refractivity contribution in [2.45, 2.75) is 44.2 Å². The van der Waals surface area contributed by atoms with Gasteiger partial charge in [0.05, 0.1) is 6.10 Å². The van der Waals surface area contributed by atoms with Crippen LogP contribution in [0.15, 0.2) is 0 Å². The van der Waals surface area contributed by atoms with Gasteiger partial charge in [-0.15, -0.1) is 0 Å². The van der Waals surface area contributed by atoms with Gasteiger partial charge in [-0.25, -0.2) is 0 Å². The van der Waals surface area contributed by atoms with E-state index in [1.54, 1.807) is 0 Å². The third-order valence-electron chi connectivity index (χ3n) is 3.87. The van der Waals surface area contributed by atoms with Crippen molar-refractivity contribution in [1.82, 2.24) is 4.90 Å². The van der Waals surface area contributed by atoms with E-state index in [1.165, 1.54) is 32.2 Å². The number of piperidine rings is 1. The molecule has 15 heavy (non-hydrogen) atoms. The van der Waals surface area contributed by atoms with Gasteiger partial charge in [0.25, 0.3) is 0 Å². The van der Waals surface area contributed by atoms with Gasteiger partial charge in [-0.1, -0.05) is 0 Å². The smallest absolute Gasteiger partial charge is 0.0698 e. The van der Waals surface area contributed by atoms with Crippen LogP contribution in [0.2, 0.25) is 0 Å². The average molecular weight is 212 g/mol. The predicted octanol–water partition coefficient (Wildman–Crippen LogP) is 1.22. The van der Waals surface area contributed by atoms with Gasteiger partial charge < -0.3 is 10.5 Å². The second-order valence-corrected chi connectivity index (χ2v) is 5.52. The summed E-state index contributed by atoms with van der Waals surface area (Å²) >= 11 is 0. The second kappa shape index (κ2) is 4.40. The maximum Gasteiger partial charge on any atom is 0.0698 e. The molecule has 2 fully saturated rings. The van der Waals surface area contributed by atoms with Crippen LogP contribution in [-0.4, -0.2) is 43.3 Å². The van der Waals surface area contributed by atoms with E-state index in [0.29, 0.717) is 6.10 Å². The molecule has 1 aliphatic carbocycles. The van der Waals surface area contributed by atoms with Crippen molar-refractivity contribution in [3.05, 3.63) is 0 Å². The van der Waals surface area contributed by atoms with Gasteiger partial charge in [0.2, 0.25) is 0 Å². The molecule has 1 saturated heterocycles. The molecular weight excluding hydrogens is 188 g/mol. The van der Waals surface area contributed by atoms with Crippen LogP contribution < -0.4 is 5.73 Å². The average Bonchev–Trinajstić information content (AvgIpc) is 3.00. The largest absolute Gasteiger partial charge is 0.380 e. The first kappa shape index (κ1) is 11.4. The molecule has 2 aliphatic rings. The van der Waals surface area contributed by atoms with Crippen LogP contribution in [0.3, 0.4) is 0 Å². The van der Waals surface area contributed by atoms with E-state index in [1.807, 2.05) is 7.11 Å². The van der Waals surface area contributed by atoms with Gasteiger partial charge in [-0.05, 0) is 45.1 Å². The number of ether oxygens (including phenoxy) is 1. The summed E-state index contributed by atoms with van der Waals surface area (Å²) in [6, 6.07) is 0. The Bertz CT molecular complexity index is 214. The Labute approximate surface area is 93.0 Å². The summed E-state index contributed by atoms with van der Waals surface area (Å²) in [6.07, 6.45) is 5.54. The lowest BCUT2D eigenvalue weighted by Crippen LogP contribution is -2.52. The molecule has 88 valence electrons. The number of methoxy groups -OCH3 is 1. The summed E-state index contributed by atoms with van der Waals surface area (Å²) in [5.41, 5.74) is 6.38. The van der Waals surface area contributed by atoms with Gasteiger partial charge in [0.15, 0.2) is 0 Å². The molecule has 2 rings (SSSR count). The Hall–Kier alpha value is -0.120. The summed E-state index contributed by atoms with van der Waals surface area (Å²) in [5.74, 6) is 0.764. The number of nitrogens with zero attached hydrogens (tertiary/aromatic N) is 1. The fourth-order valence-corrected chi connectivity index (χ4v) is 2.70. The molecular formula is C12H24N2O. The number of likely N-dealkylation sites (tertiary alicyclic amines) is 1. The van der Waals surface area contributed by atoms with Gasteiger partial charge in [-0.2, -0.15) is 0 Å². The lowest BCUT2D eigenvalue weighted by atomic mass is 9.95. The van der Waals surface area contributed by atoms with Crippen molar-refractivity contribution in [1.29, 1.82) is 0 Å². The van der Waals surface area contributed by atoms with E-state index in [-0.39, 0.29) is 5.54 Å². The Morgan fingerprint density at radius 2 is 2.13 bits per heavy atom. The van der Waals surface area contributed by atoms with E-state index in [9.17, 15) is 0 Å². The molecule has 2 N–H and O–H groups in total. The highest BCUT2D eigenvalue weighted by Gasteiger charge is 2.39. The predicted molar refractivity (Wildman–Crippen MR) is 61.8 cm³/mol. The Morgan fingerprint density at radius 1 is 1.40 bits per heavy atom. The summed E-state index contributed by atoms with van der Waals surface area (Å²) in [7, 11) is 1.82. The van der Waals surface area contributed by atoms with Gasteiger partial charge in [-0.3, -0.25) is 4.90 Å². The quantitative estimate of drug-likeness (QED) is 0.761. The molecule has 0 spiro atoms. The molecule has 0 bridgehead atoms. The van der Waals surface area contributed by atoms with Crippen LogP contribution in [0.5, 0.6) is 0 Å². The SMILES string of the molecule is COC1CCCN(CC(C)(N)C2CC2)C1. The minimum atomic E-state index is 0.0234. The third kappa shape index (κ3) is 2.92. The molecule has 1 heterocycles. The minimum Gasteiger partial charge on any atom is -0.380 e.